The number of carbonyl (C=O) groups is 1. The number of nitrogens with one attached hydrogen (secondary N) is 1. The van der Waals surface area contributed by atoms with Crippen LogP contribution in [-0.4, -0.2) is 45.9 Å². The van der Waals surface area contributed by atoms with Crippen LogP contribution < -0.4 is 4.74 Å². The van der Waals surface area contributed by atoms with Crippen LogP contribution in [0.2, 0.25) is 0 Å². The second kappa shape index (κ2) is 10.2. The standard InChI is InChI=1S/C25H24N4O2S/c1-29(23(18-9-5-3-6-10-18)19-11-7-4-8-12-19)22(30)17-32-25-26-24(27-28-25)20-13-15-21(31-2)16-14-20/h3-16,23H,17H2,1-2H3,(H,26,27,28). The number of H-pyrrole nitrogens is 1. The first-order valence-electron chi connectivity index (χ1n) is 10.2. The number of hydrogen-bond donors (Lipinski definition) is 1. The summed E-state index contributed by atoms with van der Waals surface area (Å²) in [4.78, 5) is 19.4. The number of ether oxygens (including phenoxy) is 1. The van der Waals surface area contributed by atoms with Gasteiger partial charge in [-0.05, 0) is 35.4 Å². The average molecular weight is 445 g/mol. The van der Waals surface area contributed by atoms with Crippen molar-refractivity contribution in [2.75, 3.05) is 19.9 Å². The second-order valence-corrected chi connectivity index (χ2v) is 8.15. The summed E-state index contributed by atoms with van der Waals surface area (Å²) in [5, 5.41) is 7.73. The van der Waals surface area contributed by atoms with Crippen molar-refractivity contribution >= 4 is 17.7 Å². The van der Waals surface area contributed by atoms with Gasteiger partial charge in [-0.15, -0.1) is 5.10 Å². The van der Waals surface area contributed by atoms with Crippen LogP contribution in [0.4, 0.5) is 0 Å². The molecule has 0 aliphatic carbocycles. The molecule has 7 heteroatoms. The SMILES string of the molecule is COc1ccc(-c2nc(SCC(=O)N(C)C(c3ccccc3)c3ccccc3)n[nH]2)cc1. The largest absolute Gasteiger partial charge is 0.497 e. The van der Waals surface area contributed by atoms with Gasteiger partial charge in [-0.25, -0.2) is 4.98 Å². The normalized spacial score (nSPS) is 10.8. The molecule has 0 fully saturated rings. The smallest absolute Gasteiger partial charge is 0.233 e. The van der Waals surface area contributed by atoms with Crippen LogP contribution in [0.25, 0.3) is 11.4 Å². The number of aromatic amines is 1. The predicted molar refractivity (Wildman–Crippen MR) is 127 cm³/mol. The van der Waals surface area contributed by atoms with Crippen LogP contribution in [0.3, 0.4) is 0 Å². The molecule has 0 saturated carbocycles. The Balaban J connectivity index is 1.45. The highest BCUT2D eigenvalue weighted by atomic mass is 32.2. The minimum atomic E-state index is -0.160. The zero-order valence-electron chi connectivity index (χ0n) is 17.9. The Morgan fingerprint density at radius 1 is 0.969 bits per heavy atom. The Morgan fingerprint density at radius 2 is 1.56 bits per heavy atom. The third-order valence-corrected chi connectivity index (χ3v) is 6.00. The molecular weight excluding hydrogens is 420 g/mol. The minimum absolute atomic E-state index is 0.00324. The lowest BCUT2D eigenvalue weighted by molar-refractivity contribution is -0.128. The Morgan fingerprint density at radius 3 is 2.12 bits per heavy atom. The van der Waals surface area contributed by atoms with E-state index in [1.807, 2.05) is 92.0 Å². The Kier molecular flexibility index (Phi) is 6.87. The predicted octanol–water partition coefficient (Wildman–Crippen LogP) is 4.82. The van der Waals surface area contributed by atoms with E-state index in [0.29, 0.717) is 11.0 Å². The number of amides is 1. The molecule has 1 N–H and O–H groups in total. The number of hydrogen-bond acceptors (Lipinski definition) is 5. The molecule has 1 aromatic heterocycles. The van der Waals surface area contributed by atoms with Gasteiger partial charge in [0.15, 0.2) is 5.82 Å². The number of benzene rings is 3. The molecule has 0 bridgehead atoms. The molecule has 0 radical (unpaired) electrons. The summed E-state index contributed by atoms with van der Waals surface area (Å²) in [6, 6.07) is 27.5. The molecule has 0 atom stereocenters. The van der Waals surface area contributed by atoms with Crippen molar-refractivity contribution in [1.82, 2.24) is 20.1 Å². The molecule has 6 nitrogen and oxygen atoms in total. The van der Waals surface area contributed by atoms with Crippen molar-refractivity contribution in [3.05, 3.63) is 96.1 Å². The van der Waals surface area contributed by atoms with Crippen molar-refractivity contribution in [1.29, 1.82) is 0 Å². The number of methoxy groups -OCH3 is 1. The highest BCUT2D eigenvalue weighted by Gasteiger charge is 2.23. The third kappa shape index (κ3) is 5.00. The van der Waals surface area contributed by atoms with E-state index in [2.05, 4.69) is 15.2 Å². The van der Waals surface area contributed by atoms with Gasteiger partial charge in [-0.2, -0.15) is 0 Å². The summed E-state index contributed by atoms with van der Waals surface area (Å²) in [5.41, 5.74) is 3.04. The van der Waals surface area contributed by atoms with Crippen molar-refractivity contribution in [2.45, 2.75) is 11.2 Å². The first-order valence-corrected chi connectivity index (χ1v) is 11.2. The minimum Gasteiger partial charge on any atom is -0.497 e. The number of thioether (sulfide) groups is 1. The van der Waals surface area contributed by atoms with E-state index in [1.165, 1.54) is 11.8 Å². The zero-order valence-corrected chi connectivity index (χ0v) is 18.8. The first-order chi connectivity index (χ1) is 15.7. The van der Waals surface area contributed by atoms with E-state index < -0.39 is 0 Å². The van der Waals surface area contributed by atoms with Crippen molar-refractivity contribution in [2.24, 2.45) is 0 Å². The van der Waals surface area contributed by atoms with Crippen LogP contribution in [0, 0.1) is 0 Å². The van der Waals surface area contributed by atoms with Crippen molar-refractivity contribution in [3.63, 3.8) is 0 Å². The fraction of sp³-hybridized carbons (Fsp3) is 0.160. The van der Waals surface area contributed by atoms with Gasteiger partial charge in [0.25, 0.3) is 0 Å². The monoisotopic (exact) mass is 444 g/mol. The highest BCUT2D eigenvalue weighted by Crippen LogP contribution is 2.29. The molecule has 0 unspecified atom stereocenters. The maximum absolute atomic E-state index is 13.1. The molecular formula is C25H24N4O2S. The topological polar surface area (TPSA) is 71.1 Å². The lowest BCUT2D eigenvalue weighted by Crippen LogP contribution is -2.33. The molecule has 3 aromatic carbocycles. The van der Waals surface area contributed by atoms with Gasteiger partial charge in [-0.1, -0.05) is 72.4 Å². The lowest BCUT2D eigenvalue weighted by atomic mass is 9.97. The molecule has 1 heterocycles. The molecule has 0 aliphatic heterocycles. The molecule has 0 spiro atoms. The number of rotatable bonds is 8. The highest BCUT2D eigenvalue weighted by molar-refractivity contribution is 7.99. The van der Waals surface area contributed by atoms with Gasteiger partial charge in [0.2, 0.25) is 11.1 Å². The van der Waals surface area contributed by atoms with E-state index in [9.17, 15) is 4.79 Å². The van der Waals surface area contributed by atoms with Crippen molar-refractivity contribution < 1.29 is 9.53 Å². The van der Waals surface area contributed by atoms with Gasteiger partial charge in [0.1, 0.15) is 5.75 Å². The molecule has 1 amide bonds. The van der Waals surface area contributed by atoms with Gasteiger partial charge in [0, 0.05) is 12.6 Å². The van der Waals surface area contributed by atoms with Crippen LogP contribution in [0.15, 0.2) is 90.1 Å². The van der Waals surface area contributed by atoms with E-state index >= 15 is 0 Å². The first kappa shape index (κ1) is 21.6. The van der Waals surface area contributed by atoms with Crippen LogP contribution in [0.5, 0.6) is 5.75 Å². The summed E-state index contributed by atoms with van der Waals surface area (Å²) in [6.07, 6.45) is 0. The summed E-state index contributed by atoms with van der Waals surface area (Å²) in [5.74, 6) is 1.68. The van der Waals surface area contributed by atoms with Gasteiger partial charge >= 0.3 is 0 Å². The maximum Gasteiger partial charge on any atom is 0.233 e. The molecule has 0 saturated heterocycles. The Hall–Kier alpha value is -3.58. The summed E-state index contributed by atoms with van der Waals surface area (Å²) in [7, 11) is 3.47. The lowest BCUT2D eigenvalue weighted by Gasteiger charge is -2.29. The van der Waals surface area contributed by atoms with Crippen molar-refractivity contribution in [3.8, 4) is 17.1 Å². The summed E-state index contributed by atoms with van der Waals surface area (Å²) in [6.45, 7) is 0. The number of carbonyl (C=O) groups excluding carboxylic acids is 1. The van der Waals surface area contributed by atoms with Crippen LogP contribution in [0.1, 0.15) is 17.2 Å². The molecule has 162 valence electrons. The second-order valence-electron chi connectivity index (χ2n) is 7.21. The third-order valence-electron chi connectivity index (χ3n) is 5.16. The average Bonchev–Trinajstić information content (AvgIpc) is 3.33. The van der Waals surface area contributed by atoms with Crippen LogP contribution in [-0.2, 0) is 4.79 Å². The molecule has 0 aliphatic rings. The van der Waals surface area contributed by atoms with E-state index in [-0.39, 0.29) is 17.7 Å². The molecule has 4 aromatic rings. The van der Waals surface area contributed by atoms with Gasteiger partial charge < -0.3 is 9.64 Å². The zero-order chi connectivity index (χ0) is 22.3. The fourth-order valence-corrected chi connectivity index (χ4v) is 4.19. The Bertz CT molecular complexity index is 1110. The maximum atomic E-state index is 13.1. The van der Waals surface area contributed by atoms with Gasteiger partial charge in [0.05, 0.1) is 18.9 Å². The van der Waals surface area contributed by atoms with Gasteiger partial charge in [-0.3, -0.25) is 9.89 Å². The summed E-state index contributed by atoms with van der Waals surface area (Å²) < 4.78 is 5.19. The van der Waals surface area contributed by atoms with Crippen LogP contribution >= 0.6 is 11.8 Å². The Labute approximate surface area is 191 Å². The summed E-state index contributed by atoms with van der Waals surface area (Å²) >= 11 is 1.32. The van der Waals surface area contributed by atoms with E-state index in [1.54, 1.807) is 12.0 Å². The van der Waals surface area contributed by atoms with E-state index in [0.717, 1.165) is 22.4 Å². The molecule has 32 heavy (non-hydrogen) atoms. The van der Waals surface area contributed by atoms with E-state index in [4.69, 9.17) is 4.74 Å². The number of aromatic nitrogens is 3. The number of nitrogens with zero attached hydrogens (tertiary/aromatic N) is 3. The fourth-order valence-electron chi connectivity index (χ4n) is 3.47. The quantitative estimate of drug-likeness (QED) is 0.395. The molecule has 4 rings (SSSR count).